The first-order chi connectivity index (χ1) is 7.93. The number of nitrogens with one attached hydrogen (secondary N) is 1. The van der Waals surface area contributed by atoms with Crippen molar-refractivity contribution in [2.24, 2.45) is 0 Å². The lowest BCUT2D eigenvalue weighted by Crippen LogP contribution is -2.36. The Kier molecular flexibility index (Phi) is 5.58. The second-order valence-corrected chi connectivity index (χ2v) is 6.53. The molecule has 0 bridgehead atoms. The van der Waals surface area contributed by atoms with E-state index >= 15 is 0 Å². The van der Waals surface area contributed by atoms with E-state index in [1.807, 2.05) is 12.1 Å². The number of rotatable bonds is 6. The van der Waals surface area contributed by atoms with Gasteiger partial charge in [0.25, 0.3) is 0 Å². The van der Waals surface area contributed by atoms with Gasteiger partial charge >= 0.3 is 0 Å². The van der Waals surface area contributed by atoms with Gasteiger partial charge in [-0.1, -0.05) is 28.1 Å². The molecule has 96 valence electrons. The number of halogens is 1. The highest BCUT2D eigenvalue weighted by Crippen LogP contribution is 2.12. The maximum Gasteiger partial charge on any atom is 0.216 e. The van der Waals surface area contributed by atoms with Crippen molar-refractivity contribution in [3.8, 4) is 0 Å². The summed E-state index contributed by atoms with van der Waals surface area (Å²) in [6.07, 6.45) is 0. The molecule has 0 amide bonds. The topological polar surface area (TPSA) is 55.4 Å². The van der Waals surface area contributed by atoms with Crippen LogP contribution in [0.5, 0.6) is 0 Å². The molecule has 0 saturated heterocycles. The van der Waals surface area contributed by atoms with Crippen molar-refractivity contribution in [2.75, 3.05) is 13.7 Å². The monoisotopic (exact) mass is 321 g/mol. The zero-order chi connectivity index (χ0) is 12.9. The quantitative estimate of drug-likeness (QED) is 0.870. The van der Waals surface area contributed by atoms with Gasteiger partial charge < -0.3 is 4.74 Å². The van der Waals surface area contributed by atoms with Crippen LogP contribution in [0.4, 0.5) is 0 Å². The standard InChI is InChI=1S/C11H16BrNO3S/c1-9(7-16-2)13-17(14,15)8-10-3-5-11(12)6-4-10/h3-6,9,13H,7-8H2,1-2H3. The van der Waals surface area contributed by atoms with Crippen LogP contribution < -0.4 is 4.72 Å². The van der Waals surface area contributed by atoms with Gasteiger partial charge in [-0.3, -0.25) is 0 Å². The van der Waals surface area contributed by atoms with Gasteiger partial charge in [-0.05, 0) is 24.6 Å². The number of hydrogen-bond donors (Lipinski definition) is 1. The SMILES string of the molecule is COCC(C)NS(=O)(=O)Cc1ccc(Br)cc1. The summed E-state index contributed by atoms with van der Waals surface area (Å²) >= 11 is 3.30. The normalized spacial score (nSPS) is 13.6. The Morgan fingerprint density at radius 3 is 2.47 bits per heavy atom. The molecule has 1 N–H and O–H groups in total. The minimum atomic E-state index is -3.31. The van der Waals surface area contributed by atoms with Crippen LogP contribution in [-0.2, 0) is 20.5 Å². The largest absolute Gasteiger partial charge is 0.383 e. The Labute approximate surface area is 111 Å². The van der Waals surface area contributed by atoms with Crippen LogP contribution in [0.25, 0.3) is 0 Å². The van der Waals surface area contributed by atoms with Gasteiger partial charge in [0, 0.05) is 17.6 Å². The van der Waals surface area contributed by atoms with E-state index < -0.39 is 10.0 Å². The molecule has 0 aliphatic heterocycles. The van der Waals surface area contributed by atoms with Gasteiger partial charge in [-0.25, -0.2) is 13.1 Å². The van der Waals surface area contributed by atoms with Crippen molar-refractivity contribution in [3.05, 3.63) is 34.3 Å². The molecule has 17 heavy (non-hydrogen) atoms. The maximum absolute atomic E-state index is 11.8. The molecule has 0 aliphatic carbocycles. The van der Waals surface area contributed by atoms with Crippen LogP contribution in [0.2, 0.25) is 0 Å². The van der Waals surface area contributed by atoms with Crippen LogP contribution >= 0.6 is 15.9 Å². The molecular formula is C11H16BrNO3S. The Bertz CT molecular complexity index is 444. The highest BCUT2D eigenvalue weighted by molar-refractivity contribution is 9.10. The molecule has 0 aliphatic rings. The lowest BCUT2D eigenvalue weighted by atomic mass is 10.2. The average molecular weight is 322 g/mol. The van der Waals surface area contributed by atoms with E-state index in [0.717, 1.165) is 10.0 Å². The van der Waals surface area contributed by atoms with Crippen LogP contribution in [-0.4, -0.2) is 28.2 Å². The van der Waals surface area contributed by atoms with E-state index in [0.29, 0.717) is 6.61 Å². The molecule has 0 radical (unpaired) electrons. The summed E-state index contributed by atoms with van der Waals surface area (Å²) in [6.45, 7) is 2.13. The number of methoxy groups -OCH3 is 1. The van der Waals surface area contributed by atoms with Crippen LogP contribution in [0.3, 0.4) is 0 Å². The van der Waals surface area contributed by atoms with Gasteiger partial charge in [0.05, 0.1) is 12.4 Å². The molecule has 0 aromatic heterocycles. The minimum absolute atomic E-state index is 0.0195. The van der Waals surface area contributed by atoms with Gasteiger partial charge in [-0.2, -0.15) is 0 Å². The lowest BCUT2D eigenvalue weighted by Gasteiger charge is -2.13. The van der Waals surface area contributed by atoms with E-state index in [-0.39, 0.29) is 11.8 Å². The Hall–Kier alpha value is -0.430. The van der Waals surface area contributed by atoms with Gasteiger partial charge in [0.2, 0.25) is 10.0 Å². The van der Waals surface area contributed by atoms with E-state index in [1.165, 1.54) is 0 Å². The number of benzene rings is 1. The first-order valence-corrected chi connectivity index (χ1v) is 7.61. The molecule has 1 atom stereocenters. The molecule has 1 aromatic carbocycles. The summed E-state index contributed by atoms with van der Waals surface area (Å²) in [5, 5.41) is 0. The summed E-state index contributed by atoms with van der Waals surface area (Å²) in [4.78, 5) is 0. The smallest absolute Gasteiger partial charge is 0.216 e. The van der Waals surface area contributed by atoms with Crippen LogP contribution in [0, 0.1) is 0 Å². The van der Waals surface area contributed by atoms with Gasteiger partial charge in [-0.15, -0.1) is 0 Å². The first kappa shape index (κ1) is 14.6. The fraction of sp³-hybridized carbons (Fsp3) is 0.455. The van der Waals surface area contributed by atoms with Crippen LogP contribution in [0.1, 0.15) is 12.5 Å². The molecule has 1 unspecified atom stereocenters. The third-order valence-corrected chi connectivity index (χ3v) is 4.07. The van der Waals surface area contributed by atoms with Crippen molar-refractivity contribution in [1.29, 1.82) is 0 Å². The molecular weight excluding hydrogens is 306 g/mol. The van der Waals surface area contributed by atoms with Crippen LogP contribution in [0.15, 0.2) is 28.7 Å². The molecule has 6 heteroatoms. The Balaban J connectivity index is 2.63. The molecule has 1 aromatic rings. The molecule has 4 nitrogen and oxygen atoms in total. The Morgan fingerprint density at radius 1 is 1.35 bits per heavy atom. The molecule has 0 saturated carbocycles. The Morgan fingerprint density at radius 2 is 1.94 bits per heavy atom. The van der Waals surface area contributed by atoms with Crippen molar-refractivity contribution in [1.82, 2.24) is 4.72 Å². The molecule has 0 fully saturated rings. The second kappa shape index (κ2) is 6.49. The van der Waals surface area contributed by atoms with Crippen molar-refractivity contribution in [2.45, 2.75) is 18.7 Å². The highest BCUT2D eigenvalue weighted by Gasteiger charge is 2.14. The number of hydrogen-bond acceptors (Lipinski definition) is 3. The predicted molar refractivity (Wildman–Crippen MR) is 71.2 cm³/mol. The number of sulfonamides is 1. The van der Waals surface area contributed by atoms with E-state index in [9.17, 15) is 8.42 Å². The van der Waals surface area contributed by atoms with Crippen molar-refractivity contribution < 1.29 is 13.2 Å². The fourth-order valence-corrected chi connectivity index (χ4v) is 3.09. The van der Waals surface area contributed by atoms with Crippen molar-refractivity contribution in [3.63, 3.8) is 0 Å². The maximum atomic E-state index is 11.8. The molecule has 0 spiro atoms. The van der Waals surface area contributed by atoms with Gasteiger partial charge in [0.1, 0.15) is 0 Å². The van der Waals surface area contributed by atoms with Crippen molar-refractivity contribution >= 4 is 26.0 Å². The minimum Gasteiger partial charge on any atom is -0.383 e. The zero-order valence-electron chi connectivity index (χ0n) is 9.81. The van der Waals surface area contributed by atoms with E-state index in [4.69, 9.17) is 4.74 Å². The average Bonchev–Trinajstić information content (AvgIpc) is 2.20. The number of ether oxygens (including phenoxy) is 1. The first-order valence-electron chi connectivity index (χ1n) is 5.16. The predicted octanol–water partition coefficient (Wildman–Crippen LogP) is 1.90. The second-order valence-electron chi connectivity index (χ2n) is 3.86. The summed E-state index contributed by atoms with van der Waals surface area (Å²) in [7, 11) is -1.77. The zero-order valence-corrected chi connectivity index (χ0v) is 12.2. The fourth-order valence-electron chi connectivity index (χ4n) is 1.43. The van der Waals surface area contributed by atoms with E-state index in [2.05, 4.69) is 20.7 Å². The third kappa shape index (κ3) is 5.63. The molecule has 1 rings (SSSR count). The van der Waals surface area contributed by atoms with Gasteiger partial charge in [0.15, 0.2) is 0 Å². The third-order valence-electron chi connectivity index (χ3n) is 2.07. The molecule has 0 heterocycles. The summed E-state index contributed by atoms with van der Waals surface area (Å²) in [5.41, 5.74) is 0.755. The summed E-state index contributed by atoms with van der Waals surface area (Å²) in [5.74, 6) is -0.0195. The summed E-state index contributed by atoms with van der Waals surface area (Å²) < 4.78 is 32.0. The lowest BCUT2D eigenvalue weighted by molar-refractivity contribution is 0.180. The van der Waals surface area contributed by atoms with E-state index in [1.54, 1.807) is 26.2 Å². The summed E-state index contributed by atoms with van der Waals surface area (Å²) in [6, 6.07) is 6.99. The highest BCUT2D eigenvalue weighted by atomic mass is 79.9.